The molecule has 3 rings (SSSR count). The van der Waals surface area contributed by atoms with Gasteiger partial charge in [-0.3, -0.25) is 0 Å². The van der Waals surface area contributed by atoms with Gasteiger partial charge in [-0.05, 0) is 23.9 Å². The van der Waals surface area contributed by atoms with E-state index >= 15 is 0 Å². The Labute approximate surface area is 130 Å². The number of aromatic nitrogens is 2. The Morgan fingerprint density at radius 3 is 2.61 bits per heavy atom. The highest BCUT2D eigenvalue weighted by Gasteiger charge is 2.34. The van der Waals surface area contributed by atoms with Crippen LogP contribution in [0.25, 0.3) is 17.0 Å². The van der Waals surface area contributed by atoms with Crippen molar-refractivity contribution in [2.45, 2.75) is 6.18 Å². The van der Waals surface area contributed by atoms with Gasteiger partial charge in [-0.25, -0.2) is 9.97 Å². The zero-order valence-electron chi connectivity index (χ0n) is 11.9. The number of anilines is 1. The molecule has 0 saturated carbocycles. The molecular formula is C16H13F3N4. The predicted octanol–water partition coefficient (Wildman–Crippen LogP) is 3.24. The summed E-state index contributed by atoms with van der Waals surface area (Å²) in [5, 5.41) is 2.99. The summed E-state index contributed by atoms with van der Waals surface area (Å²) in [6, 6.07) is 6.73. The fourth-order valence-corrected chi connectivity index (χ4v) is 2.30. The number of nitrogen functional groups attached to an aromatic ring is 1. The molecule has 0 bridgehead atoms. The number of nitrogens with zero attached hydrogens (tertiary/aromatic N) is 2. The van der Waals surface area contributed by atoms with Crippen molar-refractivity contribution in [3.8, 4) is 11.4 Å². The molecule has 7 heteroatoms. The van der Waals surface area contributed by atoms with E-state index in [2.05, 4.69) is 15.3 Å². The number of nitrogens with one attached hydrogen (secondary N) is 1. The molecule has 1 aliphatic heterocycles. The van der Waals surface area contributed by atoms with E-state index in [0.717, 1.165) is 11.6 Å². The molecule has 0 saturated heterocycles. The Kier molecular flexibility index (Phi) is 3.77. The van der Waals surface area contributed by atoms with Crippen LogP contribution in [0.3, 0.4) is 0 Å². The zero-order valence-corrected chi connectivity index (χ0v) is 11.9. The van der Waals surface area contributed by atoms with Gasteiger partial charge in [-0.1, -0.05) is 24.3 Å². The molecule has 0 aliphatic carbocycles. The molecule has 2 heterocycles. The highest BCUT2D eigenvalue weighted by atomic mass is 19.4. The highest BCUT2D eigenvalue weighted by Crippen LogP contribution is 2.36. The van der Waals surface area contributed by atoms with Crippen LogP contribution in [0.1, 0.15) is 11.3 Å². The Bertz CT molecular complexity index is 794. The smallest absolute Gasteiger partial charge is 0.387 e. The fraction of sp³-hybridized carbons (Fsp3) is 0.125. The van der Waals surface area contributed by atoms with Crippen LogP contribution in [-0.4, -0.2) is 16.5 Å². The molecule has 0 radical (unpaired) electrons. The Hall–Kier alpha value is -2.83. The number of alkyl halides is 3. The van der Waals surface area contributed by atoms with Crippen LogP contribution in [0, 0.1) is 0 Å². The molecule has 0 unspecified atom stereocenters. The van der Waals surface area contributed by atoms with Gasteiger partial charge in [0.2, 0.25) is 0 Å². The van der Waals surface area contributed by atoms with E-state index in [-0.39, 0.29) is 17.2 Å². The number of nitrogens with two attached hydrogens (primary N) is 1. The number of allylic oxidation sites excluding steroid dienone is 2. The minimum atomic E-state index is -4.49. The van der Waals surface area contributed by atoms with Crippen molar-refractivity contribution in [1.29, 1.82) is 0 Å². The first-order valence-corrected chi connectivity index (χ1v) is 6.87. The first-order chi connectivity index (χ1) is 10.9. The lowest BCUT2D eigenvalue weighted by Crippen LogP contribution is -2.11. The summed E-state index contributed by atoms with van der Waals surface area (Å²) in [4.78, 5) is 8.24. The standard InChI is InChI=1S/C16H13F3N4/c17-16(18,19)12-4-2-1-3-11(12)15-22-13(9-14(20)23-15)10-5-7-21-8-6-10/h1-7,9,21H,8H2,(H2,20,22,23). The normalized spacial score (nSPS) is 14.3. The number of hydrogen-bond acceptors (Lipinski definition) is 4. The van der Waals surface area contributed by atoms with Gasteiger partial charge in [0, 0.05) is 18.2 Å². The first-order valence-electron chi connectivity index (χ1n) is 6.87. The zero-order chi connectivity index (χ0) is 16.4. The van der Waals surface area contributed by atoms with Gasteiger partial charge < -0.3 is 11.1 Å². The summed E-state index contributed by atoms with van der Waals surface area (Å²) in [7, 11) is 0. The third kappa shape index (κ3) is 3.18. The third-order valence-electron chi connectivity index (χ3n) is 3.34. The minimum Gasteiger partial charge on any atom is -0.387 e. The molecule has 1 aliphatic rings. The van der Waals surface area contributed by atoms with E-state index in [0.29, 0.717) is 12.2 Å². The maximum absolute atomic E-state index is 13.2. The molecule has 0 atom stereocenters. The van der Waals surface area contributed by atoms with Crippen LogP contribution < -0.4 is 11.1 Å². The first kappa shape index (κ1) is 15.1. The minimum absolute atomic E-state index is 0.0410. The molecule has 23 heavy (non-hydrogen) atoms. The molecule has 4 nitrogen and oxygen atoms in total. The topological polar surface area (TPSA) is 63.8 Å². The van der Waals surface area contributed by atoms with Crippen molar-refractivity contribution in [2.24, 2.45) is 0 Å². The van der Waals surface area contributed by atoms with Crippen molar-refractivity contribution in [3.05, 3.63) is 59.9 Å². The molecule has 1 aromatic heterocycles. The molecule has 0 fully saturated rings. The maximum Gasteiger partial charge on any atom is 0.417 e. The van der Waals surface area contributed by atoms with Gasteiger partial charge in [0.25, 0.3) is 0 Å². The van der Waals surface area contributed by atoms with Gasteiger partial charge in [-0.15, -0.1) is 0 Å². The predicted molar refractivity (Wildman–Crippen MR) is 82.0 cm³/mol. The maximum atomic E-state index is 13.2. The van der Waals surface area contributed by atoms with Crippen molar-refractivity contribution in [1.82, 2.24) is 15.3 Å². The second kappa shape index (κ2) is 5.75. The van der Waals surface area contributed by atoms with Crippen molar-refractivity contribution < 1.29 is 13.2 Å². The molecule has 1 aromatic carbocycles. The fourth-order valence-electron chi connectivity index (χ4n) is 2.30. The lowest BCUT2D eigenvalue weighted by atomic mass is 10.1. The summed E-state index contributed by atoms with van der Waals surface area (Å²) in [6.07, 6.45) is 0.918. The molecule has 2 aromatic rings. The van der Waals surface area contributed by atoms with Crippen LogP contribution in [0.4, 0.5) is 19.0 Å². The molecule has 0 amide bonds. The van der Waals surface area contributed by atoms with Crippen molar-refractivity contribution in [3.63, 3.8) is 0 Å². The van der Waals surface area contributed by atoms with Gasteiger partial charge in [-0.2, -0.15) is 13.2 Å². The number of rotatable bonds is 2. The average Bonchev–Trinajstić information content (AvgIpc) is 2.54. The molecule has 0 spiro atoms. The van der Waals surface area contributed by atoms with Crippen LogP contribution in [0.2, 0.25) is 0 Å². The number of hydrogen-bond donors (Lipinski definition) is 2. The molecule has 118 valence electrons. The summed E-state index contributed by atoms with van der Waals surface area (Å²) in [5.74, 6) is 0.0792. The lowest BCUT2D eigenvalue weighted by molar-refractivity contribution is -0.137. The van der Waals surface area contributed by atoms with Gasteiger partial charge in [0.1, 0.15) is 5.82 Å². The van der Waals surface area contributed by atoms with E-state index in [1.807, 2.05) is 6.08 Å². The second-order valence-electron chi connectivity index (χ2n) is 4.95. The number of halogens is 3. The van der Waals surface area contributed by atoms with E-state index in [9.17, 15) is 13.2 Å². The largest absolute Gasteiger partial charge is 0.417 e. The van der Waals surface area contributed by atoms with Crippen LogP contribution in [0.5, 0.6) is 0 Å². The summed E-state index contributed by atoms with van der Waals surface area (Å²) in [6.45, 7) is 0.615. The lowest BCUT2D eigenvalue weighted by Gasteiger charge is -2.14. The van der Waals surface area contributed by atoms with E-state index in [4.69, 9.17) is 5.73 Å². The van der Waals surface area contributed by atoms with Gasteiger partial charge in [0.05, 0.1) is 11.3 Å². The SMILES string of the molecule is Nc1cc(C2=CCNC=C2)nc(-c2ccccc2C(F)(F)F)n1. The number of dihydropyridines is 1. The monoisotopic (exact) mass is 318 g/mol. The second-order valence-corrected chi connectivity index (χ2v) is 4.95. The van der Waals surface area contributed by atoms with E-state index < -0.39 is 11.7 Å². The molecular weight excluding hydrogens is 305 g/mol. The van der Waals surface area contributed by atoms with Crippen molar-refractivity contribution in [2.75, 3.05) is 12.3 Å². The van der Waals surface area contributed by atoms with Gasteiger partial charge in [0.15, 0.2) is 5.82 Å². The van der Waals surface area contributed by atoms with E-state index in [1.165, 1.54) is 18.2 Å². The third-order valence-corrected chi connectivity index (χ3v) is 3.34. The van der Waals surface area contributed by atoms with Crippen LogP contribution in [0.15, 0.2) is 48.7 Å². The van der Waals surface area contributed by atoms with E-state index in [1.54, 1.807) is 18.3 Å². The average molecular weight is 318 g/mol. The Morgan fingerprint density at radius 1 is 1.13 bits per heavy atom. The Balaban J connectivity index is 2.13. The van der Waals surface area contributed by atoms with Crippen molar-refractivity contribution >= 4 is 11.4 Å². The molecule has 3 N–H and O–H groups in total. The quantitative estimate of drug-likeness (QED) is 0.892. The number of benzene rings is 1. The highest BCUT2D eigenvalue weighted by molar-refractivity contribution is 5.75. The summed E-state index contributed by atoms with van der Waals surface area (Å²) < 4.78 is 39.5. The summed E-state index contributed by atoms with van der Waals surface area (Å²) >= 11 is 0. The van der Waals surface area contributed by atoms with Gasteiger partial charge >= 0.3 is 6.18 Å². The van der Waals surface area contributed by atoms with Crippen LogP contribution >= 0.6 is 0 Å². The van der Waals surface area contributed by atoms with Crippen LogP contribution in [-0.2, 0) is 6.18 Å². The summed E-state index contributed by atoms with van der Waals surface area (Å²) in [5.41, 5.74) is 6.16. The Morgan fingerprint density at radius 2 is 1.91 bits per heavy atom.